The van der Waals surface area contributed by atoms with Crippen LogP contribution in [0.25, 0.3) is 11.5 Å². The summed E-state index contributed by atoms with van der Waals surface area (Å²) < 4.78 is 9.57. The van der Waals surface area contributed by atoms with E-state index < -0.39 is 0 Å². The van der Waals surface area contributed by atoms with Crippen LogP contribution in [0.1, 0.15) is 31.3 Å². The number of hydrogen-bond donors (Lipinski definition) is 1. The second-order valence-electron chi connectivity index (χ2n) is 5.84. The van der Waals surface area contributed by atoms with Crippen molar-refractivity contribution < 1.29 is 14.1 Å². The van der Waals surface area contributed by atoms with Gasteiger partial charge in [-0.15, -0.1) is 0 Å². The SMILES string of the molecule is CCOC=O.Cc1cccc(-c2nc(C(C)N3CCNCC3)no2)c1. The van der Waals surface area contributed by atoms with Gasteiger partial charge < -0.3 is 14.6 Å². The van der Waals surface area contributed by atoms with Gasteiger partial charge in [-0.3, -0.25) is 9.69 Å². The number of hydrogen-bond acceptors (Lipinski definition) is 7. The molecule has 1 aliphatic rings. The molecule has 0 bridgehead atoms. The van der Waals surface area contributed by atoms with Gasteiger partial charge in [0.15, 0.2) is 5.82 Å². The van der Waals surface area contributed by atoms with Crippen LogP contribution in [-0.2, 0) is 9.53 Å². The Balaban J connectivity index is 0.000000399. The molecule has 0 radical (unpaired) electrons. The Kier molecular flexibility index (Phi) is 7.56. The van der Waals surface area contributed by atoms with E-state index in [4.69, 9.17) is 4.52 Å². The van der Waals surface area contributed by atoms with Crippen molar-refractivity contribution in [2.45, 2.75) is 26.8 Å². The van der Waals surface area contributed by atoms with Gasteiger partial charge in [0.2, 0.25) is 0 Å². The van der Waals surface area contributed by atoms with Gasteiger partial charge >= 0.3 is 0 Å². The van der Waals surface area contributed by atoms with E-state index in [0.29, 0.717) is 19.0 Å². The van der Waals surface area contributed by atoms with E-state index in [9.17, 15) is 4.79 Å². The molecule has 0 amide bonds. The molecule has 1 aromatic heterocycles. The van der Waals surface area contributed by atoms with Crippen molar-refractivity contribution in [2.24, 2.45) is 0 Å². The topological polar surface area (TPSA) is 80.5 Å². The molecule has 7 nitrogen and oxygen atoms in total. The van der Waals surface area contributed by atoms with Gasteiger partial charge in [0.1, 0.15) is 0 Å². The van der Waals surface area contributed by atoms with Crippen LogP contribution in [0.3, 0.4) is 0 Å². The Labute approximate surface area is 148 Å². The van der Waals surface area contributed by atoms with E-state index in [0.717, 1.165) is 37.6 Å². The number of ether oxygens (including phenoxy) is 1. The molecule has 1 aromatic carbocycles. The lowest BCUT2D eigenvalue weighted by atomic mass is 10.1. The number of carbonyl (C=O) groups excluding carboxylic acids is 1. The highest BCUT2D eigenvalue weighted by Crippen LogP contribution is 2.23. The molecule has 1 atom stereocenters. The van der Waals surface area contributed by atoms with Gasteiger partial charge in [-0.2, -0.15) is 4.98 Å². The second-order valence-corrected chi connectivity index (χ2v) is 5.84. The standard InChI is InChI=1S/C15H20N4O.C3H6O2/c1-11-4-3-5-13(10-11)15-17-14(18-20-15)12(2)19-8-6-16-7-9-19;1-2-5-3-4/h3-5,10,12,16H,6-9H2,1-2H3;3H,2H2,1H3. The maximum Gasteiger partial charge on any atom is 0.293 e. The molecule has 136 valence electrons. The maximum absolute atomic E-state index is 9.18. The van der Waals surface area contributed by atoms with E-state index in [1.54, 1.807) is 6.92 Å². The lowest BCUT2D eigenvalue weighted by Gasteiger charge is -2.30. The van der Waals surface area contributed by atoms with Crippen molar-refractivity contribution in [3.63, 3.8) is 0 Å². The van der Waals surface area contributed by atoms with Crippen molar-refractivity contribution in [3.8, 4) is 11.5 Å². The number of piperazine rings is 1. The van der Waals surface area contributed by atoms with E-state index in [2.05, 4.69) is 51.1 Å². The van der Waals surface area contributed by atoms with Crippen LogP contribution in [0.4, 0.5) is 0 Å². The van der Waals surface area contributed by atoms with Gasteiger partial charge in [0, 0.05) is 31.7 Å². The summed E-state index contributed by atoms with van der Waals surface area (Å²) in [6.45, 7) is 10.9. The lowest BCUT2D eigenvalue weighted by molar-refractivity contribution is -0.128. The van der Waals surface area contributed by atoms with Gasteiger partial charge in [-0.25, -0.2) is 0 Å². The number of benzene rings is 1. The molecule has 2 heterocycles. The van der Waals surface area contributed by atoms with Crippen molar-refractivity contribution in [1.82, 2.24) is 20.4 Å². The van der Waals surface area contributed by atoms with Crippen molar-refractivity contribution in [2.75, 3.05) is 32.8 Å². The zero-order chi connectivity index (χ0) is 18.1. The molecule has 1 aliphatic heterocycles. The van der Waals surface area contributed by atoms with Crippen LogP contribution in [0.2, 0.25) is 0 Å². The van der Waals surface area contributed by atoms with Gasteiger partial charge in [0.05, 0.1) is 12.6 Å². The predicted octanol–water partition coefficient (Wildman–Crippen LogP) is 2.19. The monoisotopic (exact) mass is 346 g/mol. The van der Waals surface area contributed by atoms with Crippen molar-refractivity contribution in [1.29, 1.82) is 0 Å². The molecule has 1 saturated heterocycles. The molecule has 7 heteroatoms. The molecule has 25 heavy (non-hydrogen) atoms. The molecule has 1 unspecified atom stereocenters. The summed E-state index contributed by atoms with van der Waals surface area (Å²) in [5.74, 6) is 1.37. The fraction of sp³-hybridized carbons (Fsp3) is 0.500. The number of nitrogens with zero attached hydrogens (tertiary/aromatic N) is 3. The average molecular weight is 346 g/mol. The maximum atomic E-state index is 9.18. The zero-order valence-corrected chi connectivity index (χ0v) is 15.1. The van der Waals surface area contributed by atoms with E-state index in [-0.39, 0.29) is 6.04 Å². The third kappa shape index (κ3) is 5.65. The highest BCUT2D eigenvalue weighted by atomic mass is 16.5. The summed E-state index contributed by atoms with van der Waals surface area (Å²) in [7, 11) is 0. The Hall–Kier alpha value is -2.25. The normalized spacial score (nSPS) is 15.8. The first kappa shape index (κ1) is 19.1. The van der Waals surface area contributed by atoms with Crippen LogP contribution in [0.5, 0.6) is 0 Å². The molecule has 1 N–H and O–H groups in total. The number of nitrogens with one attached hydrogen (secondary N) is 1. The average Bonchev–Trinajstić information content (AvgIpc) is 3.13. The van der Waals surface area contributed by atoms with Gasteiger partial charge in [-0.1, -0.05) is 22.9 Å². The largest absolute Gasteiger partial charge is 0.468 e. The minimum absolute atomic E-state index is 0.194. The Morgan fingerprint density at radius 1 is 1.40 bits per heavy atom. The summed E-state index contributed by atoms with van der Waals surface area (Å²) in [6.07, 6.45) is 0. The fourth-order valence-corrected chi connectivity index (χ4v) is 2.60. The van der Waals surface area contributed by atoms with Crippen LogP contribution in [-0.4, -0.2) is 54.3 Å². The first-order valence-corrected chi connectivity index (χ1v) is 8.56. The summed E-state index contributed by atoms with van der Waals surface area (Å²) in [4.78, 5) is 16.1. The number of rotatable bonds is 5. The fourth-order valence-electron chi connectivity index (χ4n) is 2.60. The van der Waals surface area contributed by atoms with Crippen LogP contribution in [0.15, 0.2) is 28.8 Å². The van der Waals surface area contributed by atoms with Crippen molar-refractivity contribution >= 4 is 6.47 Å². The summed E-state index contributed by atoms with van der Waals surface area (Å²) >= 11 is 0. The Bertz CT molecular complexity index is 653. The van der Waals surface area contributed by atoms with Gasteiger partial charge in [0.25, 0.3) is 12.4 Å². The second kappa shape index (κ2) is 9.90. The Morgan fingerprint density at radius 2 is 2.16 bits per heavy atom. The molecule has 1 fully saturated rings. The smallest absolute Gasteiger partial charge is 0.293 e. The van der Waals surface area contributed by atoms with Crippen LogP contribution >= 0.6 is 0 Å². The van der Waals surface area contributed by atoms with E-state index >= 15 is 0 Å². The van der Waals surface area contributed by atoms with E-state index in [1.807, 2.05) is 12.1 Å². The van der Waals surface area contributed by atoms with Gasteiger partial charge in [-0.05, 0) is 32.9 Å². The molecule has 0 saturated carbocycles. The third-order valence-corrected chi connectivity index (χ3v) is 4.01. The van der Waals surface area contributed by atoms with E-state index in [1.165, 1.54) is 5.56 Å². The minimum Gasteiger partial charge on any atom is -0.468 e. The third-order valence-electron chi connectivity index (χ3n) is 4.01. The molecular weight excluding hydrogens is 320 g/mol. The number of aryl methyl sites for hydroxylation is 1. The quantitative estimate of drug-likeness (QED) is 0.831. The predicted molar refractivity (Wildman–Crippen MR) is 95.0 cm³/mol. The summed E-state index contributed by atoms with van der Waals surface area (Å²) in [5.41, 5.74) is 2.17. The lowest BCUT2D eigenvalue weighted by Crippen LogP contribution is -2.44. The number of aromatic nitrogens is 2. The summed E-state index contributed by atoms with van der Waals surface area (Å²) in [5, 5.41) is 7.50. The summed E-state index contributed by atoms with van der Waals surface area (Å²) in [6, 6.07) is 8.32. The van der Waals surface area contributed by atoms with Crippen LogP contribution < -0.4 is 5.32 Å². The molecule has 2 aromatic rings. The number of carbonyl (C=O) groups is 1. The minimum atomic E-state index is 0.194. The Morgan fingerprint density at radius 3 is 2.76 bits per heavy atom. The van der Waals surface area contributed by atoms with Crippen molar-refractivity contribution in [3.05, 3.63) is 35.7 Å². The molecule has 0 spiro atoms. The van der Waals surface area contributed by atoms with Crippen LogP contribution in [0, 0.1) is 6.92 Å². The first-order chi connectivity index (χ1) is 12.2. The highest BCUT2D eigenvalue weighted by molar-refractivity contribution is 5.53. The first-order valence-electron chi connectivity index (χ1n) is 8.56. The molecule has 0 aliphatic carbocycles. The molecular formula is C18H26N4O3. The highest BCUT2D eigenvalue weighted by Gasteiger charge is 2.22. The molecule has 3 rings (SSSR count). The zero-order valence-electron chi connectivity index (χ0n) is 15.1.